The Hall–Kier alpha value is -3.22. The van der Waals surface area contributed by atoms with Crippen LogP contribution in [-0.2, 0) is 9.59 Å². The summed E-state index contributed by atoms with van der Waals surface area (Å²) in [4.78, 5) is 38.8. The van der Waals surface area contributed by atoms with Crippen LogP contribution in [0.2, 0.25) is 0 Å². The van der Waals surface area contributed by atoms with E-state index in [1.54, 1.807) is 25.2 Å². The van der Waals surface area contributed by atoms with Gasteiger partial charge in [0.15, 0.2) is 5.69 Å². The maximum Gasteiger partial charge on any atom is 0.270 e. The maximum absolute atomic E-state index is 11.4. The van der Waals surface area contributed by atoms with Crippen LogP contribution in [0, 0.1) is 12.3 Å². The molecule has 0 spiro atoms. The van der Waals surface area contributed by atoms with Gasteiger partial charge in [-0.2, -0.15) is 0 Å². The molecule has 1 aromatic heterocycles. The van der Waals surface area contributed by atoms with Gasteiger partial charge < -0.3 is 21.1 Å². The third-order valence-electron chi connectivity index (χ3n) is 3.83. The van der Waals surface area contributed by atoms with E-state index in [-0.39, 0.29) is 17.5 Å². The monoisotopic (exact) mass is 400 g/mol. The van der Waals surface area contributed by atoms with Gasteiger partial charge in [0.2, 0.25) is 5.91 Å². The summed E-state index contributed by atoms with van der Waals surface area (Å²) in [5.74, 6) is 1.40. The molecule has 146 valence electrons. The van der Waals surface area contributed by atoms with Crippen molar-refractivity contribution in [1.82, 2.24) is 9.88 Å². The first kappa shape index (κ1) is 21.1. The Morgan fingerprint density at radius 1 is 1.46 bits per heavy atom. The fourth-order valence-corrected chi connectivity index (χ4v) is 3.41. The molecule has 1 saturated heterocycles. The fourth-order valence-electron chi connectivity index (χ4n) is 2.40. The molecule has 1 aliphatic rings. The van der Waals surface area contributed by atoms with Crippen molar-refractivity contribution in [2.75, 3.05) is 18.9 Å². The zero-order valence-corrected chi connectivity index (χ0v) is 16.2. The molecule has 1 aromatic carbocycles. The van der Waals surface area contributed by atoms with Gasteiger partial charge in [-0.1, -0.05) is 29.4 Å². The standard InChI is InChI=1S/C14H11N3O2S.C5H9NO2/c1-3-9-5-4-6-10(7-9)13-17-11(12(15)19)14(20-13)16-8(2)18;1-6-3-2-4(7)5(6)8/h1,4-7H,2H3,(H2,15,19)(H,16,18);4,7H,2-3H2,1H3. The van der Waals surface area contributed by atoms with Crippen molar-refractivity contribution >= 4 is 34.1 Å². The van der Waals surface area contributed by atoms with Crippen LogP contribution in [0.1, 0.15) is 29.4 Å². The number of aliphatic hydroxyl groups is 1. The number of thiazole rings is 1. The first-order valence-corrected chi connectivity index (χ1v) is 9.13. The average molecular weight is 400 g/mol. The molecular weight excluding hydrogens is 380 g/mol. The van der Waals surface area contributed by atoms with Gasteiger partial charge in [-0.15, -0.1) is 6.42 Å². The summed E-state index contributed by atoms with van der Waals surface area (Å²) in [6.45, 7) is 2.04. The quantitative estimate of drug-likeness (QED) is 0.664. The van der Waals surface area contributed by atoms with E-state index in [9.17, 15) is 14.4 Å². The second kappa shape index (κ2) is 9.12. The normalized spacial score (nSPS) is 15.4. The molecule has 1 aliphatic heterocycles. The highest BCUT2D eigenvalue weighted by Gasteiger charge is 2.26. The molecule has 2 heterocycles. The van der Waals surface area contributed by atoms with Crippen LogP contribution in [0.15, 0.2) is 24.3 Å². The molecule has 28 heavy (non-hydrogen) atoms. The van der Waals surface area contributed by atoms with E-state index >= 15 is 0 Å². The van der Waals surface area contributed by atoms with Gasteiger partial charge in [-0.05, 0) is 18.6 Å². The van der Waals surface area contributed by atoms with Gasteiger partial charge in [0.05, 0.1) is 0 Å². The van der Waals surface area contributed by atoms with E-state index in [1.807, 2.05) is 6.07 Å². The number of primary amides is 1. The van der Waals surface area contributed by atoms with Crippen LogP contribution in [0.25, 0.3) is 10.6 Å². The van der Waals surface area contributed by atoms with Crippen molar-refractivity contribution < 1.29 is 19.5 Å². The minimum absolute atomic E-state index is 0.0475. The number of aromatic nitrogens is 1. The highest BCUT2D eigenvalue weighted by atomic mass is 32.1. The summed E-state index contributed by atoms with van der Waals surface area (Å²) in [6, 6.07) is 7.19. The smallest absolute Gasteiger partial charge is 0.270 e. The number of hydrogen-bond donors (Lipinski definition) is 3. The molecule has 1 atom stereocenters. The molecule has 3 rings (SSSR count). The van der Waals surface area contributed by atoms with Crippen LogP contribution >= 0.6 is 11.3 Å². The van der Waals surface area contributed by atoms with Crippen molar-refractivity contribution in [1.29, 1.82) is 0 Å². The fraction of sp³-hybridized carbons (Fsp3) is 0.263. The molecule has 3 amide bonds. The molecule has 2 aromatic rings. The summed E-state index contributed by atoms with van der Waals surface area (Å²) in [6.07, 6.45) is 5.22. The number of nitrogens with two attached hydrogens (primary N) is 1. The van der Waals surface area contributed by atoms with E-state index in [0.717, 1.165) is 5.56 Å². The Labute approximate surface area is 166 Å². The van der Waals surface area contributed by atoms with E-state index in [2.05, 4.69) is 16.2 Å². The van der Waals surface area contributed by atoms with Crippen molar-refractivity contribution in [3.63, 3.8) is 0 Å². The minimum Gasteiger partial charge on any atom is -0.383 e. The summed E-state index contributed by atoms with van der Waals surface area (Å²) < 4.78 is 0. The summed E-state index contributed by atoms with van der Waals surface area (Å²) in [7, 11) is 1.69. The third kappa shape index (κ3) is 5.16. The molecule has 8 nitrogen and oxygen atoms in total. The van der Waals surface area contributed by atoms with Crippen molar-refractivity contribution in [2.24, 2.45) is 5.73 Å². The second-order valence-corrected chi connectivity index (χ2v) is 7.03. The highest BCUT2D eigenvalue weighted by Crippen LogP contribution is 2.32. The number of anilines is 1. The predicted molar refractivity (Wildman–Crippen MR) is 107 cm³/mol. The van der Waals surface area contributed by atoms with Crippen LogP contribution in [0.3, 0.4) is 0 Å². The number of benzene rings is 1. The number of nitrogens with zero attached hydrogens (tertiary/aromatic N) is 2. The number of carbonyl (C=O) groups is 3. The number of terminal acetylenes is 1. The Morgan fingerprint density at radius 3 is 2.64 bits per heavy atom. The van der Waals surface area contributed by atoms with Gasteiger partial charge in [-0.25, -0.2) is 4.98 Å². The number of likely N-dealkylation sites (tertiary alicyclic amines) is 1. The van der Waals surface area contributed by atoms with Gasteiger partial charge in [0, 0.05) is 31.6 Å². The summed E-state index contributed by atoms with van der Waals surface area (Å²) in [5, 5.41) is 12.2. The SMILES string of the molecule is C#Cc1cccc(-c2nc(C(N)=O)c(NC(C)=O)s2)c1.CN1CCC(O)C1=O. The molecule has 1 unspecified atom stereocenters. The van der Waals surface area contributed by atoms with E-state index in [1.165, 1.54) is 23.2 Å². The van der Waals surface area contributed by atoms with Crippen LogP contribution in [0.5, 0.6) is 0 Å². The first-order valence-electron chi connectivity index (χ1n) is 8.31. The number of hydrogen-bond acceptors (Lipinski definition) is 6. The zero-order valence-electron chi connectivity index (χ0n) is 15.4. The number of nitrogens with one attached hydrogen (secondary N) is 1. The largest absolute Gasteiger partial charge is 0.383 e. The molecule has 0 bridgehead atoms. The molecule has 0 aliphatic carbocycles. The zero-order chi connectivity index (χ0) is 20.8. The minimum atomic E-state index is -0.722. The number of carbonyl (C=O) groups excluding carboxylic acids is 3. The molecule has 0 saturated carbocycles. The maximum atomic E-state index is 11.4. The van der Waals surface area contributed by atoms with Crippen molar-refractivity contribution in [2.45, 2.75) is 19.4 Å². The van der Waals surface area contributed by atoms with Crippen LogP contribution < -0.4 is 11.1 Å². The molecular formula is C19H20N4O4S. The molecule has 1 fully saturated rings. The van der Waals surface area contributed by atoms with E-state index < -0.39 is 12.0 Å². The van der Waals surface area contributed by atoms with Crippen LogP contribution in [-0.4, -0.2) is 52.4 Å². The lowest BCUT2D eigenvalue weighted by Crippen LogP contribution is -2.24. The number of amides is 3. The lowest BCUT2D eigenvalue weighted by Gasteiger charge is -2.04. The van der Waals surface area contributed by atoms with E-state index in [4.69, 9.17) is 17.3 Å². The molecule has 4 N–H and O–H groups in total. The summed E-state index contributed by atoms with van der Waals surface area (Å²) in [5.41, 5.74) is 6.78. The number of rotatable bonds is 3. The van der Waals surface area contributed by atoms with Gasteiger partial charge in [0.25, 0.3) is 11.8 Å². The molecule has 0 radical (unpaired) electrons. The van der Waals surface area contributed by atoms with Crippen molar-refractivity contribution in [3.8, 4) is 22.9 Å². The predicted octanol–water partition coefficient (Wildman–Crippen LogP) is 1.06. The van der Waals surface area contributed by atoms with E-state index in [0.29, 0.717) is 28.5 Å². The Morgan fingerprint density at radius 2 is 2.18 bits per heavy atom. The van der Waals surface area contributed by atoms with Gasteiger partial charge in [0.1, 0.15) is 16.1 Å². The first-order chi connectivity index (χ1) is 13.2. The Balaban J connectivity index is 0.000000292. The van der Waals surface area contributed by atoms with Crippen molar-refractivity contribution in [3.05, 3.63) is 35.5 Å². The lowest BCUT2D eigenvalue weighted by molar-refractivity contribution is -0.133. The summed E-state index contributed by atoms with van der Waals surface area (Å²) >= 11 is 1.18. The number of aliphatic hydroxyl groups excluding tert-OH is 1. The van der Waals surface area contributed by atoms with Crippen LogP contribution in [0.4, 0.5) is 5.00 Å². The number of likely N-dealkylation sites (N-methyl/N-ethyl adjacent to an activating group) is 1. The third-order valence-corrected chi connectivity index (χ3v) is 4.85. The van der Waals surface area contributed by atoms with Gasteiger partial charge >= 0.3 is 0 Å². The topological polar surface area (TPSA) is 126 Å². The van der Waals surface area contributed by atoms with Gasteiger partial charge in [-0.3, -0.25) is 14.4 Å². The highest BCUT2D eigenvalue weighted by molar-refractivity contribution is 7.19. The Bertz CT molecular complexity index is 936. The Kier molecular flexibility index (Phi) is 6.87. The molecule has 9 heteroatoms. The lowest BCUT2D eigenvalue weighted by atomic mass is 10.1. The second-order valence-electron chi connectivity index (χ2n) is 6.03. The average Bonchev–Trinajstić information content (AvgIpc) is 3.20.